The fourth-order valence-electron chi connectivity index (χ4n) is 3.61. The number of hydrogen-bond acceptors (Lipinski definition) is 4. The van der Waals surface area contributed by atoms with Gasteiger partial charge in [-0.25, -0.2) is 0 Å². The summed E-state index contributed by atoms with van der Waals surface area (Å²) in [4.78, 5) is 14.7. The third kappa shape index (κ3) is 4.66. The number of aromatic nitrogens is 2. The molecule has 2 aromatic heterocycles. The second-order valence-corrected chi connectivity index (χ2v) is 9.55. The Kier molecular flexibility index (Phi) is 6.28. The number of amides is 1. The molecule has 170 valence electrons. The predicted molar refractivity (Wildman–Crippen MR) is 139 cm³/mol. The number of carbonyl (C=O) groups is 1. The molecule has 34 heavy (non-hydrogen) atoms. The van der Waals surface area contributed by atoms with Gasteiger partial charge in [-0.1, -0.05) is 59.6 Å². The van der Waals surface area contributed by atoms with Crippen molar-refractivity contribution in [3.63, 3.8) is 0 Å². The average molecular weight is 508 g/mol. The maximum atomic E-state index is 13.2. The highest BCUT2D eigenvalue weighted by Crippen LogP contribution is 2.34. The van der Waals surface area contributed by atoms with Gasteiger partial charge in [-0.2, -0.15) is 5.10 Å². The number of aryl methyl sites for hydroxylation is 1. The Morgan fingerprint density at radius 1 is 1.03 bits per heavy atom. The number of thiophene rings is 1. The average Bonchev–Trinajstić information content (AvgIpc) is 3.39. The fourth-order valence-corrected chi connectivity index (χ4v) is 5.03. The number of carbonyl (C=O) groups excluding carboxylic acids is 1. The summed E-state index contributed by atoms with van der Waals surface area (Å²) >= 11 is 13.9. The quantitative estimate of drug-likeness (QED) is 0.255. The van der Waals surface area contributed by atoms with E-state index in [4.69, 9.17) is 27.9 Å². The van der Waals surface area contributed by atoms with Gasteiger partial charge in [-0.3, -0.25) is 9.48 Å². The number of hydrogen-bond donors (Lipinski definition) is 1. The van der Waals surface area contributed by atoms with Crippen LogP contribution in [0.3, 0.4) is 0 Å². The first kappa shape index (κ1) is 22.5. The molecule has 0 aliphatic carbocycles. The zero-order chi connectivity index (χ0) is 23.7. The molecule has 5 nitrogen and oxygen atoms in total. The molecular formula is C26H19Cl2N3O2S. The lowest BCUT2D eigenvalue weighted by atomic mass is 10.2. The van der Waals surface area contributed by atoms with Crippen molar-refractivity contribution in [3.8, 4) is 11.5 Å². The molecule has 5 aromatic rings. The van der Waals surface area contributed by atoms with Crippen LogP contribution in [0.1, 0.15) is 20.9 Å². The Morgan fingerprint density at radius 3 is 2.59 bits per heavy atom. The molecule has 0 unspecified atom stereocenters. The van der Waals surface area contributed by atoms with Crippen molar-refractivity contribution in [2.24, 2.45) is 0 Å². The minimum atomic E-state index is -0.245. The smallest absolute Gasteiger partial charge is 0.265 e. The third-order valence-electron chi connectivity index (χ3n) is 5.27. The van der Waals surface area contributed by atoms with Gasteiger partial charge >= 0.3 is 0 Å². The van der Waals surface area contributed by atoms with E-state index in [1.807, 2.05) is 72.3 Å². The van der Waals surface area contributed by atoms with Crippen molar-refractivity contribution in [2.45, 2.75) is 13.5 Å². The van der Waals surface area contributed by atoms with Crippen molar-refractivity contribution in [2.75, 3.05) is 5.32 Å². The molecule has 0 fully saturated rings. The van der Waals surface area contributed by atoms with Crippen LogP contribution in [0.4, 0.5) is 5.69 Å². The molecule has 0 atom stereocenters. The van der Waals surface area contributed by atoms with Gasteiger partial charge in [0.15, 0.2) is 5.75 Å². The highest BCUT2D eigenvalue weighted by atomic mass is 35.5. The number of para-hydroxylation sites is 1. The number of nitrogens with one attached hydrogen (secondary N) is 1. The van der Waals surface area contributed by atoms with Crippen molar-refractivity contribution in [3.05, 3.63) is 105 Å². The van der Waals surface area contributed by atoms with Crippen LogP contribution in [0, 0.1) is 6.92 Å². The number of anilines is 1. The Hall–Kier alpha value is -3.32. The van der Waals surface area contributed by atoms with Gasteiger partial charge < -0.3 is 10.1 Å². The molecule has 3 aromatic carbocycles. The van der Waals surface area contributed by atoms with E-state index in [0.29, 0.717) is 38.7 Å². The molecule has 0 saturated carbocycles. The van der Waals surface area contributed by atoms with Gasteiger partial charge in [-0.15, -0.1) is 11.3 Å². The number of nitrogens with zero attached hydrogens (tertiary/aromatic N) is 2. The van der Waals surface area contributed by atoms with Crippen LogP contribution in [0.2, 0.25) is 10.0 Å². The van der Waals surface area contributed by atoms with E-state index in [2.05, 4.69) is 10.4 Å². The van der Waals surface area contributed by atoms with Crippen LogP contribution in [0.5, 0.6) is 11.5 Å². The standard InChI is InChI=1S/C26H19Cl2N3O2S/c1-16-20-14-24(34-26(20)31(30-16)15-17-7-5-6-10-21(17)28)25(32)29-22-13-18(27)11-12-23(22)33-19-8-3-2-4-9-19/h2-14H,15H2,1H3,(H,29,32). The summed E-state index contributed by atoms with van der Waals surface area (Å²) in [7, 11) is 0. The van der Waals surface area contributed by atoms with E-state index in [-0.39, 0.29) is 5.91 Å². The Labute approximate surface area is 210 Å². The van der Waals surface area contributed by atoms with Crippen LogP contribution in [-0.2, 0) is 6.54 Å². The minimum Gasteiger partial charge on any atom is -0.455 e. The lowest BCUT2D eigenvalue weighted by molar-refractivity contribution is 0.103. The van der Waals surface area contributed by atoms with Crippen LogP contribution >= 0.6 is 34.5 Å². The molecule has 0 radical (unpaired) electrons. The van der Waals surface area contributed by atoms with Gasteiger partial charge in [0.05, 0.1) is 22.8 Å². The summed E-state index contributed by atoms with van der Waals surface area (Å²) in [6.45, 7) is 2.46. The van der Waals surface area contributed by atoms with Gasteiger partial charge in [-0.05, 0) is 55.0 Å². The molecule has 1 N–H and O–H groups in total. The fraction of sp³-hybridized carbons (Fsp3) is 0.0769. The highest BCUT2D eigenvalue weighted by Gasteiger charge is 2.18. The Morgan fingerprint density at radius 2 is 1.79 bits per heavy atom. The molecule has 1 amide bonds. The van der Waals surface area contributed by atoms with Gasteiger partial charge in [0.2, 0.25) is 0 Å². The van der Waals surface area contributed by atoms with E-state index < -0.39 is 0 Å². The number of ether oxygens (including phenoxy) is 1. The van der Waals surface area contributed by atoms with Crippen molar-refractivity contribution in [1.82, 2.24) is 9.78 Å². The summed E-state index contributed by atoms with van der Waals surface area (Å²) < 4.78 is 7.85. The molecule has 0 saturated heterocycles. The summed E-state index contributed by atoms with van der Waals surface area (Å²) in [5.41, 5.74) is 2.32. The largest absolute Gasteiger partial charge is 0.455 e. The van der Waals surface area contributed by atoms with Crippen LogP contribution < -0.4 is 10.1 Å². The maximum absolute atomic E-state index is 13.2. The molecule has 0 spiro atoms. The zero-order valence-corrected chi connectivity index (χ0v) is 20.4. The number of fused-ring (bicyclic) bond motifs is 1. The SMILES string of the molecule is Cc1nn(Cc2ccccc2Cl)c2sc(C(=O)Nc3cc(Cl)ccc3Oc3ccccc3)cc12. The van der Waals surface area contributed by atoms with E-state index in [0.717, 1.165) is 21.5 Å². The Bertz CT molecular complexity index is 1500. The molecule has 2 heterocycles. The summed E-state index contributed by atoms with van der Waals surface area (Å²) in [6, 6.07) is 24.0. The molecule has 8 heteroatoms. The lowest BCUT2D eigenvalue weighted by Crippen LogP contribution is -2.11. The summed E-state index contributed by atoms with van der Waals surface area (Å²) in [5, 5.41) is 9.71. The summed E-state index contributed by atoms with van der Waals surface area (Å²) in [5.74, 6) is 0.925. The number of rotatable bonds is 6. The third-order valence-corrected chi connectivity index (χ3v) is 7.02. The topological polar surface area (TPSA) is 56.2 Å². The van der Waals surface area contributed by atoms with Crippen molar-refractivity contribution >= 4 is 56.3 Å². The molecule has 0 aliphatic rings. The van der Waals surface area contributed by atoms with Gasteiger partial charge in [0, 0.05) is 15.4 Å². The first-order valence-corrected chi connectivity index (χ1v) is 12.1. The number of benzene rings is 3. The van der Waals surface area contributed by atoms with Crippen LogP contribution in [0.25, 0.3) is 10.2 Å². The van der Waals surface area contributed by atoms with Crippen molar-refractivity contribution in [1.29, 1.82) is 0 Å². The molecule has 0 aliphatic heterocycles. The summed E-state index contributed by atoms with van der Waals surface area (Å²) in [6.07, 6.45) is 0. The van der Waals surface area contributed by atoms with Gasteiger partial charge in [0.1, 0.15) is 10.6 Å². The second-order valence-electron chi connectivity index (χ2n) is 7.67. The minimum absolute atomic E-state index is 0.245. The lowest BCUT2D eigenvalue weighted by Gasteiger charge is -2.12. The first-order valence-electron chi connectivity index (χ1n) is 10.5. The van der Waals surface area contributed by atoms with Crippen LogP contribution in [0.15, 0.2) is 78.9 Å². The maximum Gasteiger partial charge on any atom is 0.265 e. The monoisotopic (exact) mass is 507 g/mol. The predicted octanol–water partition coefficient (Wildman–Crippen LogP) is 7.81. The van der Waals surface area contributed by atoms with E-state index in [9.17, 15) is 4.79 Å². The van der Waals surface area contributed by atoms with Gasteiger partial charge in [0.25, 0.3) is 5.91 Å². The molecular weight excluding hydrogens is 489 g/mol. The highest BCUT2D eigenvalue weighted by molar-refractivity contribution is 7.20. The second kappa shape index (κ2) is 9.50. The Balaban J connectivity index is 1.42. The molecule has 0 bridgehead atoms. The normalized spacial score (nSPS) is 11.0. The van der Waals surface area contributed by atoms with E-state index >= 15 is 0 Å². The zero-order valence-electron chi connectivity index (χ0n) is 18.1. The van der Waals surface area contributed by atoms with Crippen LogP contribution in [-0.4, -0.2) is 15.7 Å². The van der Waals surface area contributed by atoms with E-state index in [1.165, 1.54) is 11.3 Å². The van der Waals surface area contributed by atoms with Crippen molar-refractivity contribution < 1.29 is 9.53 Å². The first-order chi connectivity index (χ1) is 16.5. The number of halogens is 2. The molecule has 5 rings (SSSR count). The van der Waals surface area contributed by atoms with E-state index in [1.54, 1.807) is 18.2 Å².